The van der Waals surface area contributed by atoms with Crippen molar-refractivity contribution in [3.8, 4) is 5.75 Å². The van der Waals surface area contributed by atoms with Gasteiger partial charge in [-0.05, 0) is 73.4 Å². The lowest BCUT2D eigenvalue weighted by molar-refractivity contribution is -0.120. The highest BCUT2D eigenvalue weighted by molar-refractivity contribution is 6.46. The summed E-state index contributed by atoms with van der Waals surface area (Å²) in [5, 5.41) is 3.05. The zero-order valence-corrected chi connectivity index (χ0v) is 18.8. The van der Waals surface area contributed by atoms with Crippen molar-refractivity contribution in [1.82, 2.24) is 0 Å². The van der Waals surface area contributed by atoms with Crippen LogP contribution in [0.15, 0.2) is 72.4 Å². The Labute approximate surface area is 192 Å². The molecule has 0 unspecified atom stereocenters. The van der Waals surface area contributed by atoms with Crippen LogP contribution in [0.2, 0.25) is 0 Å². The minimum Gasteiger partial charge on any atom is -0.494 e. The highest BCUT2D eigenvalue weighted by atomic mass is 19.1. The molecule has 0 fully saturated rings. The molecule has 1 aliphatic heterocycles. The molecule has 0 bridgehead atoms. The van der Waals surface area contributed by atoms with E-state index in [1.54, 1.807) is 24.3 Å². The van der Waals surface area contributed by atoms with Crippen molar-refractivity contribution in [1.29, 1.82) is 0 Å². The number of nitrogens with one attached hydrogen (secondary N) is 1. The topological polar surface area (TPSA) is 58.6 Å². The van der Waals surface area contributed by atoms with Gasteiger partial charge in [0.2, 0.25) is 0 Å². The monoisotopic (exact) mass is 444 g/mol. The number of aryl methyl sites for hydroxylation is 2. The highest BCUT2D eigenvalue weighted by Gasteiger charge is 2.40. The number of amides is 2. The number of imide groups is 1. The number of benzene rings is 3. The van der Waals surface area contributed by atoms with Gasteiger partial charge in [-0.3, -0.25) is 9.59 Å². The Balaban J connectivity index is 1.78. The molecule has 0 aliphatic carbocycles. The van der Waals surface area contributed by atoms with Crippen molar-refractivity contribution >= 4 is 28.8 Å². The van der Waals surface area contributed by atoms with E-state index in [1.807, 2.05) is 39.0 Å². The molecule has 168 valence electrons. The maximum Gasteiger partial charge on any atom is 0.282 e. The molecular weight excluding hydrogens is 419 g/mol. The zero-order valence-electron chi connectivity index (χ0n) is 18.8. The molecule has 1 aliphatic rings. The molecule has 0 spiro atoms. The van der Waals surface area contributed by atoms with Crippen LogP contribution < -0.4 is 15.0 Å². The molecule has 33 heavy (non-hydrogen) atoms. The molecule has 3 aromatic carbocycles. The van der Waals surface area contributed by atoms with Crippen LogP contribution in [0, 0.1) is 19.7 Å². The Morgan fingerprint density at radius 2 is 1.67 bits per heavy atom. The number of ether oxygens (including phenoxy) is 1. The number of halogens is 1. The Hall–Kier alpha value is -3.93. The minimum atomic E-state index is -0.481. The van der Waals surface area contributed by atoms with E-state index in [4.69, 9.17) is 4.74 Å². The Bertz CT molecular complexity index is 1250. The van der Waals surface area contributed by atoms with Crippen molar-refractivity contribution < 1.29 is 18.7 Å². The quantitative estimate of drug-likeness (QED) is 0.480. The molecule has 0 aromatic heterocycles. The van der Waals surface area contributed by atoms with Gasteiger partial charge in [0, 0.05) is 11.8 Å². The van der Waals surface area contributed by atoms with Crippen LogP contribution >= 0.6 is 0 Å². The first kappa shape index (κ1) is 22.3. The first-order chi connectivity index (χ1) is 15.9. The maximum atomic E-state index is 13.6. The van der Waals surface area contributed by atoms with E-state index in [1.165, 1.54) is 24.3 Å². The van der Waals surface area contributed by atoms with E-state index in [2.05, 4.69) is 5.32 Å². The zero-order chi connectivity index (χ0) is 23.5. The third-order valence-electron chi connectivity index (χ3n) is 5.54. The third-order valence-corrected chi connectivity index (χ3v) is 5.54. The summed E-state index contributed by atoms with van der Waals surface area (Å²) in [6.07, 6.45) is 0.843. The van der Waals surface area contributed by atoms with Crippen LogP contribution in [0.5, 0.6) is 5.75 Å². The fraction of sp³-hybridized carbons (Fsp3) is 0.185. The molecule has 1 N–H and O–H groups in total. The summed E-state index contributed by atoms with van der Waals surface area (Å²) >= 11 is 0. The van der Waals surface area contributed by atoms with E-state index in [-0.39, 0.29) is 17.1 Å². The predicted octanol–water partition coefficient (Wildman–Crippen LogP) is 5.63. The number of carbonyl (C=O) groups excluding carboxylic acids is 2. The van der Waals surface area contributed by atoms with Crippen LogP contribution in [0.25, 0.3) is 5.57 Å². The standard InChI is InChI=1S/C27H25FN2O3/c1-4-14-33-23-7-5-6-22(16-23)30-26(31)24(19-9-8-17(2)18(3)15-19)25(27(30)32)29-21-12-10-20(28)11-13-21/h5-13,15-16,29H,4,14H2,1-3H3. The van der Waals surface area contributed by atoms with Gasteiger partial charge in [-0.1, -0.05) is 31.2 Å². The normalized spacial score (nSPS) is 13.6. The molecule has 1 heterocycles. The second-order valence-corrected chi connectivity index (χ2v) is 7.97. The van der Waals surface area contributed by atoms with Crippen LogP contribution in [0.4, 0.5) is 15.8 Å². The SMILES string of the molecule is CCCOc1cccc(N2C(=O)C(Nc3ccc(F)cc3)=C(c3ccc(C)c(C)c3)C2=O)c1. The minimum absolute atomic E-state index is 0.148. The van der Waals surface area contributed by atoms with Gasteiger partial charge < -0.3 is 10.1 Å². The van der Waals surface area contributed by atoms with E-state index < -0.39 is 11.8 Å². The van der Waals surface area contributed by atoms with Gasteiger partial charge in [-0.25, -0.2) is 9.29 Å². The number of nitrogens with zero attached hydrogens (tertiary/aromatic N) is 1. The summed E-state index contributed by atoms with van der Waals surface area (Å²) in [5.74, 6) is -0.711. The van der Waals surface area contributed by atoms with Crippen molar-refractivity contribution in [2.24, 2.45) is 0 Å². The summed E-state index contributed by atoms with van der Waals surface area (Å²) in [4.78, 5) is 28.3. The fourth-order valence-corrected chi connectivity index (χ4v) is 3.65. The molecule has 6 heteroatoms. The summed E-state index contributed by atoms with van der Waals surface area (Å²) in [6, 6.07) is 18.2. The fourth-order valence-electron chi connectivity index (χ4n) is 3.65. The Morgan fingerprint density at radius 3 is 2.36 bits per heavy atom. The molecule has 4 rings (SSSR count). The van der Waals surface area contributed by atoms with Crippen molar-refractivity contribution in [2.45, 2.75) is 27.2 Å². The molecule has 0 radical (unpaired) electrons. The van der Waals surface area contributed by atoms with Crippen LogP contribution in [0.1, 0.15) is 30.0 Å². The third kappa shape index (κ3) is 4.51. The Morgan fingerprint density at radius 1 is 0.909 bits per heavy atom. The molecule has 0 atom stereocenters. The summed E-state index contributed by atoms with van der Waals surface area (Å²) in [7, 11) is 0. The average Bonchev–Trinajstić information content (AvgIpc) is 3.05. The summed E-state index contributed by atoms with van der Waals surface area (Å²) in [5.41, 5.74) is 4.09. The lowest BCUT2D eigenvalue weighted by Gasteiger charge is -2.17. The van der Waals surface area contributed by atoms with Gasteiger partial charge in [-0.15, -0.1) is 0 Å². The summed E-state index contributed by atoms with van der Waals surface area (Å²) in [6.45, 7) is 6.49. The largest absolute Gasteiger partial charge is 0.494 e. The van der Waals surface area contributed by atoms with Gasteiger partial charge in [0.05, 0.1) is 17.9 Å². The van der Waals surface area contributed by atoms with Gasteiger partial charge in [0.15, 0.2) is 0 Å². The van der Waals surface area contributed by atoms with Gasteiger partial charge in [0.25, 0.3) is 11.8 Å². The molecule has 2 amide bonds. The van der Waals surface area contributed by atoms with Crippen molar-refractivity contribution in [2.75, 3.05) is 16.8 Å². The van der Waals surface area contributed by atoms with Gasteiger partial charge in [0.1, 0.15) is 17.3 Å². The van der Waals surface area contributed by atoms with Crippen LogP contribution in [-0.4, -0.2) is 18.4 Å². The van der Waals surface area contributed by atoms with E-state index in [0.29, 0.717) is 29.3 Å². The number of hydrogen-bond acceptors (Lipinski definition) is 4. The second-order valence-electron chi connectivity index (χ2n) is 7.97. The first-order valence-corrected chi connectivity index (χ1v) is 10.8. The smallest absolute Gasteiger partial charge is 0.282 e. The van der Waals surface area contributed by atoms with Crippen molar-refractivity contribution in [3.63, 3.8) is 0 Å². The van der Waals surface area contributed by atoms with Crippen molar-refractivity contribution in [3.05, 3.63) is 94.9 Å². The van der Waals surface area contributed by atoms with Gasteiger partial charge in [-0.2, -0.15) is 0 Å². The van der Waals surface area contributed by atoms with E-state index in [9.17, 15) is 14.0 Å². The lowest BCUT2D eigenvalue weighted by atomic mass is 9.99. The average molecular weight is 445 g/mol. The maximum absolute atomic E-state index is 13.6. The molecular formula is C27H25FN2O3. The van der Waals surface area contributed by atoms with E-state index >= 15 is 0 Å². The number of anilines is 2. The molecule has 3 aromatic rings. The summed E-state index contributed by atoms with van der Waals surface area (Å²) < 4.78 is 19.1. The Kier molecular flexibility index (Phi) is 6.27. The van der Waals surface area contributed by atoms with Gasteiger partial charge >= 0.3 is 0 Å². The second kappa shape index (κ2) is 9.28. The number of rotatable bonds is 7. The highest BCUT2D eigenvalue weighted by Crippen LogP contribution is 2.35. The lowest BCUT2D eigenvalue weighted by Crippen LogP contribution is -2.32. The number of carbonyl (C=O) groups is 2. The molecule has 5 nitrogen and oxygen atoms in total. The first-order valence-electron chi connectivity index (χ1n) is 10.8. The predicted molar refractivity (Wildman–Crippen MR) is 128 cm³/mol. The molecule has 0 saturated carbocycles. The van der Waals surface area contributed by atoms with Crippen LogP contribution in [0.3, 0.4) is 0 Å². The molecule has 0 saturated heterocycles. The van der Waals surface area contributed by atoms with E-state index in [0.717, 1.165) is 22.4 Å². The van der Waals surface area contributed by atoms with Crippen LogP contribution in [-0.2, 0) is 9.59 Å². The number of hydrogen-bond donors (Lipinski definition) is 1.